The van der Waals surface area contributed by atoms with E-state index in [2.05, 4.69) is 17.1 Å². The number of anilines is 2. The Morgan fingerprint density at radius 2 is 1.64 bits per heavy atom. The Morgan fingerprint density at radius 1 is 1.00 bits per heavy atom. The predicted molar refractivity (Wildman–Crippen MR) is 115 cm³/mol. The van der Waals surface area contributed by atoms with Gasteiger partial charge in [-0.15, -0.1) is 0 Å². The third kappa shape index (κ3) is 4.86. The number of benzene rings is 1. The van der Waals surface area contributed by atoms with Crippen LogP contribution in [0, 0.1) is 11.3 Å². The van der Waals surface area contributed by atoms with E-state index in [1.165, 1.54) is 6.42 Å². The summed E-state index contributed by atoms with van der Waals surface area (Å²) in [5.74, 6) is 0.798. The number of rotatable bonds is 3. The zero-order chi connectivity index (χ0) is 20.3. The maximum atomic E-state index is 13.3. The minimum Gasteiger partial charge on any atom is -0.371 e. The van der Waals surface area contributed by atoms with Crippen molar-refractivity contribution in [2.75, 3.05) is 36.4 Å². The van der Waals surface area contributed by atoms with Gasteiger partial charge in [0.05, 0.1) is 5.56 Å². The molecule has 2 aliphatic rings. The lowest BCUT2D eigenvalue weighted by molar-refractivity contribution is -0.123. The lowest BCUT2D eigenvalue weighted by atomic mass is 9.95. The summed E-state index contributed by atoms with van der Waals surface area (Å²) >= 11 is 0. The largest absolute Gasteiger partial charge is 0.371 e. The Kier molecular flexibility index (Phi) is 6.31. The summed E-state index contributed by atoms with van der Waals surface area (Å²) in [6, 6.07) is 5.84. The van der Waals surface area contributed by atoms with Crippen LogP contribution in [-0.4, -0.2) is 42.9 Å². The van der Waals surface area contributed by atoms with Crippen molar-refractivity contribution in [2.45, 2.75) is 59.8 Å². The van der Waals surface area contributed by atoms with Crippen molar-refractivity contribution in [3.63, 3.8) is 0 Å². The van der Waals surface area contributed by atoms with Crippen LogP contribution in [0.3, 0.4) is 0 Å². The number of hydrogen-bond acceptors (Lipinski definition) is 3. The van der Waals surface area contributed by atoms with Crippen LogP contribution in [0.25, 0.3) is 0 Å². The molecular formula is C23H35N3O2. The second-order valence-corrected chi connectivity index (χ2v) is 9.46. The summed E-state index contributed by atoms with van der Waals surface area (Å²) in [6.07, 6.45) is 5.65. The first-order valence-electron chi connectivity index (χ1n) is 10.8. The van der Waals surface area contributed by atoms with Crippen molar-refractivity contribution < 1.29 is 9.59 Å². The number of carbonyl (C=O) groups is 2. The average Bonchev–Trinajstić information content (AvgIpc) is 2.68. The van der Waals surface area contributed by atoms with Gasteiger partial charge in [0, 0.05) is 43.0 Å². The zero-order valence-electron chi connectivity index (χ0n) is 17.9. The number of amides is 2. The van der Waals surface area contributed by atoms with Gasteiger partial charge in [0.15, 0.2) is 0 Å². The van der Waals surface area contributed by atoms with Gasteiger partial charge >= 0.3 is 0 Å². The van der Waals surface area contributed by atoms with Crippen molar-refractivity contribution in [3.8, 4) is 0 Å². The quantitative estimate of drug-likeness (QED) is 0.831. The maximum Gasteiger partial charge on any atom is 0.256 e. The lowest BCUT2D eigenvalue weighted by Crippen LogP contribution is -2.38. The molecule has 2 saturated heterocycles. The molecule has 3 rings (SSSR count). The molecule has 0 aliphatic carbocycles. The Labute approximate surface area is 169 Å². The number of likely N-dealkylation sites (tertiary alicyclic amines) is 1. The summed E-state index contributed by atoms with van der Waals surface area (Å²) in [5, 5.41) is 2.99. The van der Waals surface area contributed by atoms with Crippen molar-refractivity contribution in [1.82, 2.24) is 4.90 Å². The van der Waals surface area contributed by atoms with Gasteiger partial charge in [-0.1, -0.05) is 27.7 Å². The fraction of sp³-hybridized carbons (Fsp3) is 0.652. The molecule has 0 saturated carbocycles. The fourth-order valence-electron chi connectivity index (χ4n) is 3.90. The molecule has 1 aromatic carbocycles. The number of nitrogens with one attached hydrogen (secondary N) is 1. The first-order valence-corrected chi connectivity index (χ1v) is 10.8. The van der Waals surface area contributed by atoms with Crippen molar-refractivity contribution in [2.24, 2.45) is 11.3 Å². The molecule has 2 aliphatic heterocycles. The van der Waals surface area contributed by atoms with Gasteiger partial charge in [0.1, 0.15) is 0 Å². The summed E-state index contributed by atoms with van der Waals surface area (Å²) in [5.41, 5.74) is 1.97. The molecule has 1 N–H and O–H groups in total. The van der Waals surface area contributed by atoms with E-state index in [1.54, 1.807) is 0 Å². The molecule has 0 bridgehead atoms. The SMILES string of the molecule is CC1CCN(c2ccc(NC(=O)C(C)(C)C)cc2C(=O)N2CCCCC2)CC1. The summed E-state index contributed by atoms with van der Waals surface area (Å²) in [7, 11) is 0. The molecular weight excluding hydrogens is 350 g/mol. The van der Waals surface area contributed by atoms with Crippen molar-refractivity contribution >= 4 is 23.2 Å². The van der Waals surface area contributed by atoms with Crippen LogP contribution in [0.2, 0.25) is 0 Å². The van der Waals surface area contributed by atoms with E-state index >= 15 is 0 Å². The molecule has 0 spiro atoms. The maximum absolute atomic E-state index is 13.3. The average molecular weight is 386 g/mol. The summed E-state index contributed by atoms with van der Waals surface area (Å²) in [6.45, 7) is 11.6. The summed E-state index contributed by atoms with van der Waals surface area (Å²) < 4.78 is 0. The van der Waals surface area contributed by atoms with E-state index in [-0.39, 0.29) is 11.8 Å². The fourth-order valence-corrected chi connectivity index (χ4v) is 3.90. The second-order valence-electron chi connectivity index (χ2n) is 9.46. The summed E-state index contributed by atoms with van der Waals surface area (Å²) in [4.78, 5) is 30.1. The predicted octanol–water partition coefficient (Wildman–Crippen LogP) is 4.53. The highest BCUT2D eigenvalue weighted by Crippen LogP contribution is 2.31. The molecule has 2 fully saturated rings. The van der Waals surface area contributed by atoms with E-state index in [1.807, 2.05) is 43.9 Å². The van der Waals surface area contributed by atoms with Gasteiger partial charge < -0.3 is 15.1 Å². The zero-order valence-corrected chi connectivity index (χ0v) is 17.9. The molecule has 0 atom stereocenters. The van der Waals surface area contributed by atoms with E-state index in [4.69, 9.17) is 0 Å². The first kappa shape index (κ1) is 20.7. The molecule has 5 heteroatoms. The molecule has 0 radical (unpaired) electrons. The Morgan fingerprint density at radius 3 is 2.25 bits per heavy atom. The Hall–Kier alpha value is -2.04. The number of piperidine rings is 2. The third-order valence-corrected chi connectivity index (χ3v) is 5.93. The highest BCUT2D eigenvalue weighted by Gasteiger charge is 2.27. The minimum atomic E-state index is -0.473. The van der Waals surface area contributed by atoms with Gasteiger partial charge in [-0.2, -0.15) is 0 Å². The molecule has 154 valence electrons. The van der Waals surface area contributed by atoms with E-state index in [0.29, 0.717) is 5.69 Å². The van der Waals surface area contributed by atoms with Gasteiger partial charge in [-0.25, -0.2) is 0 Å². The molecule has 2 heterocycles. The van der Waals surface area contributed by atoms with Crippen LogP contribution in [0.1, 0.15) is 70.2 Å². The van der Waals surface area contributed by atoms with Crippen LogP contribution >= 0.6 is 0 Å². The van der Waals surface area contributed by atoms with Crippen molar-refractivity contribution in [1.29, 1.82) is 0 Å². The molecule has 0 aromatic heterocycles. The lowest BCUT2D eigenvalue weighted by Gasteiger charge is -2.35. The minimum absolute atomic E-state index is 0.0385. The molecule has 1 aromatic rings. The number of carbonyl (C=O) groups excluding carboxylic acids is 2. The normalized spacial score (nSPS) is 18.9. The van der Waals surface area contributed by atoms with Crippen LogP contribution < -0.4 is 10.2 Å². The van der Waals surface area contributed by atoms with Crippen LogP contribution in [0.5, 0.6) is 0 Å². The Bertz CT molecular complexity index is 709. The standard InChI is InChI=1S/C23H35N3O2/c1-17-10-14-25(15-11-17)20-9-8-18(24-22(28)23(2,3)4)16-19(20)21(27)26-12-6-5-7-13-26/h8-9,16-17H,5-7,10-15H2,1-4H3,(H,24,28). The highest BCUT2D eigenvalue weighted by atomic mass is 16.2. The number of hydrogen-bond donors (Lipinski definition) is 1. The molecule has 2 amide bonds. The van der Waals surface area contributed by atoms with Gasteiger partial charge in [0.25, 0.3) is 5.91 Å². The second kappa shape index (κ2) is 8.54. The number of nitrogens with zero attached hydrogens (tertiary/aromatic N) is 2. The molecule has 28 heavy (non-hydrogen) atoms. The van der Waals surface area contributed by atoms with Crippen LogP contribution in [0.4, 0.5) is 11.4 Å². The van der Waals surface area contributed by atoms with Gasteiger partial charge in [0.2, 0.25) is 5.91 Å². The third-order valence-electron chi connectivity index (χ3n) is 5.93. The van der Waals surface area contributed by atoms with Gasteiger partial charge in [-0.3, -0.25) is 9.59 Å². The van der Waals surface area contributed by atoms with Crippen LogP contribution in [-0.2, 0) is 4.79 Å². The van der Waals surface area contributed by atoms with E-state index in [0.717, 1.165) is 69.0 Å². The molecule has 0 unspecified atom stereocenters. The monoisotopic (exact) mass is 385 g/mol. The topological polar surface area (TPSA) is 52.7 Å². The van der Waals surface area contributed by atoms with E-state index < -0.39 is 5.41 Å². The smallest absolute Gasteiger partial charge is 0.256 e. The van der Waals surface area contributed by atoms with E-state index in [9.17, 15) is 9.59 Å². The Balaban J connectivity index is 1.89. The highest BCUT2D eigenvalue weighted by molar-refractivity contribution is 6.02. The van der Waals surface area contributed by atoms with Gasteiger partial charge in [-0.05, 0) is 56.2 Å². The van der Waals surface area contributed by atoms with Crippen LogP contribution in [0.15, 0.2) is 18.2 Å². The van der Waals surface area contributed by atoms with Crippen molar-refractivity contribution in [3.05, 3.63) is 23.8 Å². The molecule has 5 nitrogen and oxygen atoms in total. The first-order chi connectivity index (χ1) is 13.3.